The molecule has 1 aliphatic rings. The van der Waals surface area contributed by atoms with Crippen molar-refractivity contribution in [3.63, 3.8) is 0 Å². The number of carbonyl (C=O) groups excluding carboxylic acids is 1. The van der Waals surface area contributed by atoms with Crippen LogP contribution in [-0.2, 0) is 4.79 Å². The zero-order valence-corrected chi connectivity index (χ0v) is 23.7. The first-order valence-corrected chi connectivity index (χ1v) is 13.2. The van der Waals surface area contributed by atoms with Crippen molar-refractivity contribution in [3.8, 4) is 11.5 Å². The molecule has 9 nitrogen and oxygen atoms in total. The van der Waals surface area contributed by atoms with Crippen molar-refractivity contribution in [2.24, 2.45) is 0 Å². The van der Waals surface area contributed by atoms with Crippen LogP contribution in [0.25, 0.3) is 0 Å². The number of fused-ring (bicyclic) bond motifs is 1. The quantitative estimate of drug-likeness (QED) is 0.310. The van der Waals surface area contributed by atoms with Gasteiger partial charge in [0.05, 0.1) is 35.4 Å². The van der Waals surface area contributed by atoms with Crippen LogP contribution in [0.4, 0.5) is 23.0 Å². The van der Waals surface area contributed by atoms with Crippen molar-refractivity contribution < 1.29 is 14.3 Å². The maximum Gasteiger partial charge on any atom is 0.247 e. The van der Waals surface area contributed by atoms with Crippen molar-refractivity contribution in [1.82, 2.24) is 14.9 Å². The summed E-state index contributed by atoms with van der Waals surface area (Å²) in [4.78, 5) is 25.7. The third kappa shape index (κ3) is 6.43. The zero-order valence-electron chi connectivity index (χ0n) is 23.0. The van der Waals surface area contributed by atoms with Gasteiger partial charge in [-0.25, -0.2) is 9.97 Å². The number of aromatic nitrogens is 2. The van der Waals surface area contributed by atoms with Gasteiger partial charge in [-0.15, -0.1) is 0 Å². The molecule has 0 aliphatic carbocycles. The van der Waals surface area contributed by atoms with Gasteiger partial charge in [-0.05, 0) is 44.3 Å². The van der Waals surface area contributed by atoms with Gasteiger partial charge in [0.2, 0.25) is 11.9 Å². The van der Waals surface area contributed by atoms with Crippen LogP contribution in [0.1, 0.15) is 30.5 Å². The van der Waals surface area contributed by atoms with E-state index in [-0.39, 0.29) is 17.9 Å². The van der Waals surface area contributed by atoms with Gasteiger partial charge in [0, 0.05) is 37.8 Å². The molecule has 3 aromatic rings. The van der Waals surface area contributed by atoms with E-state index in [9.17, 15) is 4.79 Å². The van der Waals surface area contributed by atoms with Gasteiger partial charge in [-0.2, -0.15) is 0 Å². The van der Waals surface area contributed by atoms with Crippen LogP contribution in [0.15, 0.2) is 55.3 Å². The maximum absolute atomic E-state index is 12.3. The number of nitrogens with one attached hydrogen (secondary N) is 2. The molecule has 0 fully saturated rings. The molecule has 0 bridgehead atoms. The van der Waals surface area contributed by atoms with Gasteiger partial charge in [-0.1, -0.05) is 43.3 Å². The molecular weight excluding hydrogens is 516 g/mol. The van der Waals surface area contributed by atoms with E-state index in [4.69, 9.17) is 26.1 Å². The van der Waals surface area contributed by atoms with Crippen LogP contribution >= 0.6 is 11.6 Å². The molecule has 1 aliphatic heterocycles. The number of hydrogen-bond donors (Lipinski definition) is 2. The molecule has 0 spiro atoms. The predicted molar refractivity (Wildman–Crippen MR) is 157 cm³/mol. The predicted octanol–water partition coefficient (Wildman–Crippen LogP) is 5.31. The molecule has 0 saturated carbocycles. The number of halogens is 1. The first-order chi connectivity index (χ1) is 18.7. The van der Waals surface area contributed by atoms with Crippen molar-refractivity contribution in [2.75, 3.05) is 56.9 Å². The Morgan fingerprint density at radius 3 is 2.74 bits per heavy atom. The fourth-order valence-electron chi connectivity index (χ4n) is 4.68. The van der Waals surface area contributed by atoms with E-state index in [1.54, 1.807) is 25.4 Å². The Morgan fingerprint density at radius 1 is 1.28 bits per heavy atom. The average Bonchev–Trinajstić information content (AvgIpc) is 3.26. The number of hydrogen-bond acceptors (Lipinski definition) is 8. The summed E-state index contributed by atoms with van der Waals surface area (Å²) in [5.41, 5.74) is 4.09. The number of nitrogens with zero attached hydrogens (tertiary/aromatic N) is 4. The van der Waals surface area contributed by atoms with E-state index < -0.39 is 0 Å². The van der Waals surface area contributed by atoms with E-state index in [2.05, 4.69) is 58.1 Å². The van der Waals surface area contributed by atoms with E-state index in [0.29, 0.717) is 40.4 Å². The molecule has 0 saturated heterocycles. The van der Waals surface area contributed by atoms with E-state index >= 15 is 0 Å². The Kier molecular flexibility index (Phi) is 8.93. The second kappa shape index (κ2) is 12.4. The van der Waals surface area contributed by atoms with Crippen molar-refractivity contribution >= 4 is 40.5 Å². The third-order valence-electron chi connectivity index (χ3n) is 6.59. The van der Waals surface area contributed by atoms with Crippen LogP contribution in [0.3, 0.4) is 0 Å². The minimum atomic E-state index is -0.356. The summed E-state index contributed by atoms with van der Waals surface area (Å²) in [7, 11) is 7.61. The number of rotatable bonds is 11. The zero-order chi connectivity index (χ0) is 28.1. The topological polar surface area (TPSA) is 91.9 Å². The Hall–Kier alpha value is -3.82. The van der Waals surface area contributed by atoms with Gasteiger partial charge in [0.15, 0.2) is 0 Å². The van der Waals surface area contributed by atoms with Crippen molar-refractivity contribution in [3.05, 3.63) is 71.5 Å². The number of benzene rings is 2. The van der Waals surface area contributed by atoms with Gasteiger partial charge in [0.25, 0.3) is 0 Å². The average molecular weight is 551 g/mol. The minimum Gasteiger partial charge on any atom is -0.494 e. The molecule has 2 unspecified atom stereocenters. The number of likely N-dealkylation sites (N-methyl/N-ethyl adjacent to an activating group) is 2. The highest BCUT2D eigenvalue weighted by atomic mass is 35.5. The number of ether oxygens (including phenoxy) is 2. The number of carbonyl (C=O) groups is 1. The largest absolute Gasteiger partial charge is 0.494 e. The second-order valence-corrected chi connectivity index (χ2v) is 10.1. The standard InChI is InChI=1S/C29H35ClN6O3/c1-7-18(16-35(3)4)39-26-14-25(38-6)22(13-23(26)32-27(37)8-2)33-29-31-15-21(30)28(34-29)20-17-36(5)24-12-10-9-11-19(20)24/h8-15,18,20H,2,7,16-17H2,1,3-6H3,(H,32,37)(H,31,33,34). The molecule has 2 aromatic carbocycles. The summed E-state index contributed by atoms with van der Waals surface area (Å²) in [5.74, 6) is 1.00. The highest BCUT2D eigenvalue weighted by molar-refractivity contribution is 6.31. The Balaban J connectivity index is 1.69. The van der Waals surface area contributed by atoms with E-state index in [0.717, 1.165) is 24.3 Å². The van der Waals surface area contributed by atoms with Crippen molar-refractivity contribution in [1.29, 1.82) is 0 Å². The van der Waals surface area contributed by atoms with Crippen molar-refractivity contribution in [2.45, 2.75) is 25.4 Å². The van der Waals surface area contributed by atoms with E-state index in [1.165, 1.54) is 11.6 Å². The number of anilines is 4. The number of methoxy groups -OCH3 is 1. The fraction of sp³-hybridized carbons (Fsp3) is 0.345. The SMILES string of the molecule is C=CC(=O)Nc1cc(Nc2ncc(Cl)c(C3CN(C)c4ccccc43)n2)c(OC)cc1OC(CC)CN(C)C. The summed E-state index contributed by atoms with van der Waals surface area (Å²) in [6.07, 6.45) is 3.52. The number of amides is 1. The molecule has 10 heteroatoms. The lowest BCUT2D eigenvalue weighted by Gasteiger charge is -2.24. The van der Waals surface area contributed by atoms with E-state index in [1.807, 2.05) is 26.2 Å². The third-order valence-corrected chi connectivity index (χ3v) is 6.88. The van der Waals surface area contributed by atoms with Crippen LogP contribution in [0.2, 0.25) is 5.02 Å². The van der Waals surface area contributed by atoms with Gasteiger partial charge in [-0.3, -0.25) is 4.79 Å². The Labute approximate surface area is 234 Å². The fourth-order valence-corrected chi connectivity index (χ4v) is 4.91. The first-order valence-electron chi connectivity index (χ1n) is 12.8. The summed E-state index contributed by atoms with van der Waals surface area (Å²) in [6, 6.07) is 11.7. The minimum absolute atomic E-state index is 0.00466. The molecule has 2 heterocycles. The van der Waals surface area contributed by atoms with Crippen LogP contribution in [-0.4, -0.2) is 68.2 Å². The molecule has 0 radical (unpaired) electrons. The summed E-state index contributed by atoms with van der Waals surface area (Å²) in [5, 5.41) is 6.59. The molecule has 39 heavy (non-hydrogen) atoms. The van der Waals surface area contributed by atoms with Crippen LogP contribution < -0.4 is 25.0 Å². The smallest absolute Gasteiger partial charge is 0.247 e. The Morgan fingerprint density at radius 2 is 2.05 bits per heavy atom. The van der Waals surface area contributed by atoms with Crippen LogP contribution in [0.5, 0.6) is 11.5 Å². The monoisotopic (exact) mass is 550 g/mol. The van der Waals surface area contributed by atoms with Gasteiger partial charge in [0.1, 0.15) is 17.6 Å². The highest BCUT2D eigenvalue weighted by Crippen LogP contribution is 2.42. The lowest BCUT2D eigenvalue weighted by Crippen LogP contribution is -2.30. The summed E-state index contributed by atoms with van der Waals surface area (Å²) in [6.45, 7) is 7.10. The molecule has 206 valence electrons. The molecule has 1 amide bonds. The Bertz CT molecular complexity index is 1350. The first kappa shape index (κ1) is 28.2. The highest BCUT2D eigenvalue weighted by Gasteiger charge is 2.30. The van der Waals surface area contributed by atoms with Gasteiger partial charge >= 0.3 is 0 Å². The van der Waals surface area contributed by atoms with Gasteiger partial charge < -0.3 is 29.9 Å². The molecule has 4 rings (SSSR count). The van der Waals surface area contributed by atoms with Crippen LogP contribution in [0, 0.1) is 0 Å². The maximum atomic E-state index is 12.3. The summed E-state index contributed by atoms with van der Waals surface area (Å²) < 4.78 is 12.0. The second-order valence-electron chi connectivity index (χ2n) is 9.70. The number of para-hydroxylation sites is 1. The normalized spacial score (nSPS) is 15.1. The molecule has 1 aromatic heterocycles. The molecule has 2 N–H and O–H groups in total. The lowest BCUT2D eigenvalue weighted by atomic mass is 9.98. The summed E-state index contributed by atoms with van der Waals surface area (Å²) >= 11 is 6.60. The lowest BCUT2D eigenvalue weighted by molar-refractivity contribution is -0.111. The molecule has 2 atom stereocenters. The molecular formula is C29H35ClN6O3.